The first-order valence-corrected chi connectivity index (χ1v) is 10.6. The van der Waals surface area contributed by atoms with Crippen LogP contribution >= 0.6 is 0 Å². The number of likely N-dealkylation sites (tertiary alicyclic amines) is 1. The Labute approximate surface area is 182 Å². The van der Waals surface area contributed by atoms with Crippen LogP contribution in [0.4, 0.5) is 0 Å². The molecule has 1 fully saturated rings. The topological polar surface area (TPSA) is 101 Å². The molecule has 2 aromatic carbocycles. The van der Waals surface area contributed by atoms with Crippen LogP contribution in [0, 0.1) is 6.92 Å². The number of amides is 1. The second kappa shape index (κ2) is 10.2. The summed E-state index contributed by atoms with van der Waals surface area (Å²) in [5.74, 6) is -1.87. The summed E-state index contributed by atoms with van der Waals surface area (Å²) >= 11 is 0. The number of carboxylic acids is 1. The largest absolute Gasteiger partial charge is 0.481 e. The fourth-order valence-corrected chi connectivity index (χ4v) is 4.03. The van der Waals surface area contributed by atoms with Crippen LogP contribution in [0.3, 0.4) is 0 Å². The number of Topliss-reactive ketones (excluding diaryl/α,β-unsaturated/α-hetero) is 1. The van der Waals surface area contributed by atoms with Crippen molar-refractivity contribution in [2.24, 2.45) is 5.73 Å². The van der Waals surface area contributed by atoms with Crippen LogP contribution in [0.2, 0.25) is 0 Å². The van der Waals surface area contributed by atoms with Gasteiger partial charge < -0.3 is 15.7 Å². The van der Waals surface area contributed by atoms with Crippen LogP contribution in [0.5, 0.6) is 0 Å². The Morgan fingerprint density at radius 1 is 1.00 bits per heavy atom. The number of ketones is 1. The lowest BCUT2D eigenvalue weighted by Crippen LogP contribution is -2.30. The number of carbonyl (C=O) groups excluding carboxylic acids is 2. The minimum Gasteiger partial charge on any atom is -0.481 e. The van der Waals surface area contributed by atoms with E-state index in [1.54, 1.807) is 4.90 Å². The molecule has 6 heteroatoms. The number of hydrogen-bond donors (Lipinski definition) is 2. The van der Waals surface area contributed by atoms with Crippen molar-refractivity contribution in [1.82, 2.24) is 4.90 Å². The smallest absolute Gasteiger partial charge is 0.303 e. The number of carbonyl (C=O) groups is 3. The van der Waals surface area contributed by atoms with Crippen LogP contribution in [0.25, 0.3) is 5.57 Å². The van der Waals surface area contributed by atoms with E-state index in [1.165, 1.54) is 0 Å². The maximum absolute atomic E-state index is 13.1. The minimum absolute atomic E-state index is 0.102. The molecule has 3 N–H and O–H groups in total. The molecule has 31 heavy (non-hydrogen) atoms. The lowest BCUT2D eigenvalue weighted by molar-refractivity contribution is -0.140. The van der Waals surface area contributed by atoms with Crippen LogP contribution in [-0.4, -0.2) is 40.8 Å². The highest BCUT2D eigenvalue weighted by molar-refractivity contribution is 6.47. The molecule has 1 amide bonds. The molecular weight excluding hydrogens is 392 g/mol. The number of unbranched alkanes of at least 4 members (excludes halogenated alkanes) is 2. The predicted molar refractivity (Wildman–Crippen MR) is 119 cm³/mol. The summed E-state index contributed by atoms with van der Waals surface area (Å²) in [4.78, 5) is 38.5. The van der Waals surface area contributed by atoms with Crippen molar-refractivity contribution in [1.29, 1.82) is 0 Å². The third kappa shape index (κ3) is 5.09. The van der Waals surface area contributed by atoms with Crippen molar-refractivity contribution in [3.8, 4) is 0 Å². The quantitative estimate of drug-likeness (QED) is 0.367. The lowest BCUT2D eigenvalue weighted by Gasteiger charge is -2.26. The molecule has 1 aliphatic rings. The molecule has 1 aliphatic heterocycles. The summed E-state index contributed by atoms with van der Waals surface area (Å²) in [5, 5.41) is 8.81. The monoisotopic (exact) mass is 420 g/mol. The first-order chi connectivity index (χ1) is 14.9. The van der Waals surface area contributed by atoms with Gasteiger partial charge in [0.1, 0.15) is 0 Å². The molecule has 0 aliphatic carbocycles. The Kier molecular flexibility index (Phi) is 7.36. The van der Waals surface area contributed by atoms with Gasteiger partial charge in [0.25, 0.3) is 5.91 Å². The minimum atomic E-state index is -0.828. The molecule has 2 aromatic rings. The maximum Gasteiger partial charge on any atom is 0.303 e. The summed E-state index contributed by atoms with van der Waals surface area (Å²) < 4.78 is 0. The van der Waals surface area contributed by atoms with Gasteiger partial charge >= 0.3 is 5.97 Å². The summed E-state index contributed by atoms with van der Waals surface area (Å²) in [5.41, 5.74) is 10.0. The van der Waals surface area contributed by atoms with Gasteiger partial charge in [-0.25, -0.2) is 0 Å². The molecule has 6 nitrogen and oxygen atoms in total. The number of rotatable bonds is 9. The Morgan fingerprint density at radius 3 is 2.29 bits per heavy atom. The van der Waals surface area contributed by atoms with Crippen molar-refractivity contribution in [2.75, 3.05) is 13.1 Å². The summed E-state index contributed by atoms with van der Waals surface area (Å²) in [7, 11) is 0. The van der Waals surface area contributed by atoms with Crippen LogP contribution in [0.15, 0.2) is 60.2 Å². The van der Waals surface area contributed by atoms with Gasteiger partial charge in [-0.15, -0.1) is 0 Å². The highest BCUT2D eigenvalue weighted by Gasteiger charge is 2.44. The molecule has 1 atom stereocenters. The fourth-order valence-electron chi connectivity index (χ4n) is 4.03. The highest BCUT2D eigenvalue weighted by atomic mass is 16.4. The Balaban J connectivity index is 1.99. The second-order valence-electron chi connectivity index (χ2n) is 7.81. The molecule has 0 saturated carbocycles. The number of nitrogens with two attached hydrogens (primary N) is 1. The van der Waals surface area contributed by atoms with Crippen LogP contribution in [0.1, 0.15) is 48.4 Å². The number of nitrogens with zero attached hydrogens (tertiary/aromatic N) is 1. The normalized spacial score (nSPS) is 17.9. The predicted octanol–water partition coefficient (Wildman–Crippen LogP) is 3.50. The number of aliphatic carboxylic acids is 1. The Morgan fingerprint density at radius 2 is 1.68 bits per heavy atom. The third-order valence-electron chi connectivity index (χ3n) is 5.62. The van der Waals surface area contributed by atoms with E-state index >= 15 is 0 Å². The molecule has 0 bridgehead atoms. The van der Waals surface area contributed by atoms with E-state index in [0.717, 1.165) is 16.7 Å². The van der Waals surface area contributed by atoms with E-state index < -0.39 is 23.7 Å². The van der Waals surface area contributed by atoms with Gasteiger partial charge in [0.05, 0.1) is 6.04 Å². The number of benzene rings is 2. The van der Waals surface area contributed by atoms with Gasteiger partial charge in [0.2, 0.25) is 5.78 Å². The number of aryl methyl sites for hydroxylation is 1. The lowest BCUT2D eigenvalue weighted by atomic mass is 9.90. The van der Waals surface area contributed by atoms with E-state index in [0.29, 0.717) is 37.0 Å². The molecule has 3 rings (SSSR count). The fraction of sp³-hybridized carbons (Fsp3) is 0.320. The Hall–Kier alpha value is -3.25. The van der Waals surface area contributed by atoms with Crippen molar-refractivity contribution < 1.29 is 19.5 Å². The maximum atomic E-state index is 13.1. The first kappa shape index (κ1) is 22.4. The van der Waals surface area contributed by atoms with Gasteiger partial charge in [-0.2, -0.15) is 0 Å². The molecule has 0 spiro atoms. The molecule has 1 saturated heterocycles. The number of carboxylic acid groups (broad SMARTS) is 1. The molecular formula is C25H28N2O4. The molecule has 0 radical (unpaired) electrons. The SMILES string of the molecule is Cc1ccc(C(CN)=C2C(=O)C(=O)N(CCCCCC(=O)O)C2c2ccccc2)cc1. The van der Waals surface area contributed by atoms with Gasteiger partial charge in [-0.3, -0.25) is 14.4 Å². The van der Waals surface area contributed by atoms with Crippen molar-refractivity contribution in [3.05, 3.63) is 76.9 Å². The van der Waals surface area contributed by atoms with Crippen molar-refractivity contribution in [3.63, 3.8) is 0 Å². The van der Waals surface area contributed by atoms with Crippen molar-refractivity contribution in [2.45, 2.75) is 38.6 Å². The average molecular weight is 421 g/mol. The zero-order valence-corrected chi connectivity index (χ0v) is 17.7. The highest BCUT2D eigenvalue weighted by Crippen LogP contribution is 2.40. The van der Waals surface area contributed by atoms with Gasteiger partial charge in [0.15, 0.2) is 0 Å². The standard InChI is InChI=1S/C25H28N2O4/c1-17-11-13-18(14-12-17)20(16-26)22-23(19-8-4-2-5-9-19)27(25(31)24(22)30)15-7-3-6-10-21(28)29/h2,4-5,8-9,11-14,23H,3,6-7,10,15-16,26H2,1H3,(H,28,29). The van der Waals surface area contributed by atoms with Gasteiger partial charge in [-0.05, 0) is 36.5 Å². The van der Waals surface area contributed by atoms with Gasteiger partial charge in [0, 0.05) is 25.1 Å². The van der Waals surface area contributed by atoms with Crippen LogP contribution < -0.4 is 5.73 Å². The van der Waals surface area contributed by atoms with E-state index in [1.807, 2.05) is 61.5 Å². The Bertz CT molecular complexity index is 980. The third-order valence-corrected chi connectivity index (χ3v) is 5.62. The number of hydrogen-bond acceptors (Lipinski definition) is 4. The summed E-state index contributed by atoms with van der Waals surface area (Å²) in [6, 6.07) is 16.8. The van der Waals surface area contributed by atoms with Crippen molar-refractivity contribution >= 4 is 23.2 Å². The van der Waals surface area contributed by atoms with E-state index in [2.05, 4.69) is 0 Å². The molecule has 162 valence electrons. The van der Waals surface area contributed by atoms with Gasteiger partial charge in [-0.1, -0.05) is 66.6 Å². The van der Waals surface area contributed by atoms with E-state index in [9.17, 15) is 14.4 Å². The average Bonchev–Trinajstić information content (AvgIpc) is 3.01. The molecule has 0 aromatic heterocycles. The second-order valence-corrected chi connectivity index (χ2v) is 7.81. The molecule has 1 heterocycles. The summed E-state index contributed by atoms with van der Waals surface area (Å²) in [6.07, 6.45) is 1.95. The summed E-state index contributed by atoms with van der Waals surface area (Å²) in [6.45, 7) is 2.52. The first-order valence-electron chi connectivity index (χ1n) is 10.6. The van der Waals surface area contributed by atoms with Crippen LogP contribution in [-0.2, 0) is 14.4 Å². The zero-order valence-electron chi connectivity index (χ0n) is 17.7. The molecule has 1 unspecified atom stereocenters. The zero-order chi connectivity index (χ0) is 22.4. The van der Waals surface area contributed by atoms with E-state index in [4.69, 9.17) is 10.8 Å². The van der Waals surface area contributed by atoms with E-state index in [-0.39, 0.29) is 13.0 Å².